The standard InChI is InChI=1S/C12H19NO2S/c1-9-5-6-16-10(9)7-13(4)8-12(2,3)11(14)15/h5-6H,7-8H2,1-4H3,(H,14,15). The van der Waals surface area contributed by atoms with E-state index in [0.29, 0.717) is 6.54 Å². The van der Waals surface area contributed by atoms with Crippen LogP contribution in [0.2, 0.25) is 0 Å². The summed E-state index contributed by atoms with van der Waals surface area (Å²) in [4.78, 5) is 14.4. The summed E-state index contributed by atoms with van der Waals surface area (Å²) in [6, 6.07) is 2.09. The number of carbonyl (C=O) groups is 1. The molecule has 1 rings (SSSR count). The second-order valence-corrected chi connectivity index (χ2v) is 5.89. The van der Waals surface area contributed by atoms with Gasteiger partial charge in [0, 0.05) is 18.0 Å². The molecule has 0 saturated heterocycles. The Balaban J connectivity index is 2.58. The fourth-order valence-electron chi connectivity index (χ4n) is 1.61. The van der Waals surface area contributed by atoms with Gasteiger partial charge in [0.1, 0.15) is 0 Å². The van der Waals surface area contributed by atoms with Crippen molar-refractivity contribution >= 4 is 17.3 Å². The van der Waals surface area contributed by atoms with Gasteiger partial charge in [-0.3, -0.25) is 4.79 Å². The molecule has 0 atom stereocenters. The van der Waals surface area contributed by atoms with Crippen LogP contribution in [-0.2, 0) is 11.3 Å². The van der Waals surface area contributed by atoms with E-state index in [0.717, 1.165) is 6.54 Å². The quantitative estimate of drug-likeness (QED) is 0.861. The Kier molecular flexibility index (Phi) is 4.10. The van der Waals surface area contributed by atoms with Crippen molar-refractivity contribution in [3.05, 3.63) is 21.9 Å². The Hall–Kier alpha value is -0.870. The van der Waals surface area contributed by atoms with Crippen molar-refractivity contribution in [2.75, 3.05) is 13.6 Å². The van der Waals surface area contributed by atoms with Crippen LogP contribution in [0.4, 0.5) is 0 Å². The van der Waals surface area contributed by atoms with Gasteiger partial charge in [-0.05, 0) is 44.8 Å². The number of hydrogen-bond acceptors (Lipinski definition) is 3. The van der Waals surface area contributed by atoms with E-state index in [1.54, 1.807) is 25.2 Å². The second-order valence-electron chi connectivity index (χ2n) is 4.89. The number of thiophene rings is 1. The van der Waals surface area contributed by atoms with Gasteiger partial charge in [0.05, 0.1) is 5.41 Å². The van der Waals surface area contributed by atoms with Crippen molar-refractivity contribution in [3.8, 4) is 0 Å². The van der Waals surface area contributed by atoms with Crippen LogP contribution in [-0.4, -0.2) is 29.6 Å². The first-order valence-corrected chi connectivity index (χ1v) is 6.16. The lowest BCUT2D eigenvalue weighted by atomic mass is 9.93. The zero-order valence-electron chi connectivity index (χ0n) is 10.3. The molecule has 0 bridgehead atoms. The van der Waals surface area contributed by atoms with Gasteiger partial charge in [-0.1, -0.05) is 0 Å². The highest BCUT2D eigenvalue weighted by molar-refractivity contribution is 7.10. The van der Waals surface area contributed by atoms with Crippen molar-refractivity contribution in [1.82, 2.24) is 4.90 Å². The number of rotatable bonds is 5. The molecule has 0 aromatic carbocycles. The molecule has 0 saturated carbocycles. The first-order valence-electron chi connectivity index (χ1n) is 5.28. The van der Waals surface area contributed by atoms with E-state index in [1.807, 2.05) is 7.05 Å². The molecule has 90 valence electrons. The molecule has 4 heteroatoms. The second kappa shape index (κ2) is 4.97. The van der Waals surface area contributed by atoms with Crippen LogP contribution < -0.4 is 0 Å². The molecular formula is C12H19NO2S. The van der Waals surface area contributed by atoms with E-state index in [4.69, 9.17) is 5.11 Å². The van der Waals surface area contributed by atoms with E-state index in [9.17, 15) is 4.79 Å². The predicted octanol–water partition coefficient (Wildman–Crippen LogP) is 2.60. The Morgan fingerprint density at radius 3 is 2.62 bits per heavy atom. The summed E-state index contributed by atoms with van der Waals surface area (Å²) in [5.74, 6) is -0.748. The minimum Gasteiger partial charge on any atom is -0.481 e. The van der Waals surface area contributed by atoms with Gasteiger partial charge >= 0.3 is 5.97 Å². The lowest BCUT2D eigenvalue weighted by Crippen LogP contribution is -2.36. The lowest BCUT2D eigenvalue weighted by Gasteiger charge is -2.26. The first kappa shape index (κ1) is 13.2. The van der Waals surface area contributed by atoms with E-state index in [2.05, 4.69) is 23.3 Å². The van der Waals surface area contributed by atoms with Crippen LogP contribution >= 0.6 is 11.3 Å². The maximum absolute atomic E-state index is 11.0. The number of nitrogens with zero attached hydrogens (tertiary/aromatic N) is 1. The van der Waals surface area contributed by atoms with Gasteiger partial charge < -0.3 is 10.0 Å². The van der Waals surface area contributed by atoms with Crippen LogP contribution in [0.25, 0.3) is 0 Å². The molecule has 0 aliphatic carbocycles. The molecule has 1 aromatic rings. The fourth-order valence-corrected chi connectivity index (χ4v) is 2.59. The number of carboxylic acids is 1. The van der Waals surface area contributed by atoms with Crippen molar-refractivity contribution < 1.29 is 9.90 Å². The van der Waals surface area contributed by atoms with Crippen LogP contribution in [0, 0.1) is 12.3 Å². The summed E-state index contributed by atoms with van der Waals surface area (Å²) in [6.45, 7) is 6.97. The highest BCUT2D eigenvalue weighted by Crippen LogP contribution is 2.21. The van der Waals surface area contributed by atoms with E-state index in [1.165, 1.54) is 10.4 Å². The molecule has 1 N–H and O–H groups in total. The van der Waals surface area contributed by atoms with Gasteiger partial charge in [0.15, 0.2) is 0 Å². The van der Waals surface area contributed by atoms with Crippen molar-refractivity contribution in [3.63, 3.8) is 0 Å². The average Bonchev–Trinajstić information content (AvgIpc) is 2.50. The van der Waals surface area contributed by atoms with E-state index < -0.39 is 11.4 Å². The smallest absolute Gasteiger partial charge is 0.310 e. The zero-order valence-corrected chi connectivity index (χ0v) is 11.1. The third-order valence-electron chi connectivity index (χ3n) is 2.63. The highest BCUT2D eigenvalue weighted by Gasteiger charge is 2.28. The Bertz CT molecular complexity index is 371. The third kappa shape index (κ3) is 3.32. The molecule has 1 aromatic heterocycles. The summed E-state index contributed by atoms with van der Waals surface area (Å²) in [6.07, 6.45) is 0. The Morgan fingerprint density at radius 2 is 2.19 bits per heavy atom. The van der Waals surface area contributed by atoms with Gasteiger partial charge in [0.2, 0.25) is 0 Å². The van der Waals surface area contributed by atoms with Crippen LogP contribution in [0.15, 0.2) is 11.4 Å². The molecule has 0 fully saturated rings. The molecule has 1 heterocycles. The highest BCUT2D eigenvalue weighted by atomic mass is 32.1. The topological polar surface area (TPSA) is 40.5 Å². The predicted molar refractivity (Wildman–Crippen MR) is 66.8 cm³/mol. The SMILES string of the molecule is Cc1ccsc1CN(C)CC(C)(C)C(=O)O. The molecular weight excluding hydrogens is 222 g/mol. The Labute approximate surface area is 101 Å². The molecule has 0 radical (unpaired) electrons. The summed E-state index contributed by atoms with van der Waals surface area (Å²) in [7, 11) is 1.96. The summed E-state index contributed by atoms with van der Waals surface area (Å²) < 4.78 is 0. The molecule has 0 spiro atoms. The molecule has 0 unspecified atom stereocenters. The van der Waals surface area contributed by atoms with Crippen LogP contribution in [0.5, 0.6) is 0 Å². The largest absolute Gasteiger partial charge is 0.481 e. The summed E-state index contributed by atoms with van der Waals surface area (Å²) >= 11 is 1.72. The molecule has 3 nitrogen and oxygen atoms in total. The number of aliphatic carboxylic acids is 1. The number of carboxylic acid groups (broad SMARTS) is 1. The van der Waals surface area contributed by atoms with Crippen molar-refractivity contribution in [2.24, 2.45) is 5.41 Å². The molecule has 16 heavy (non-hydrogen) atoms. The molecule has 0 aliphatic heterocycles. The number of aryl methyl sites for hydroxylation is 1. The van der Waals surface area contributed by atoms with Gasteiger partial charge in [-0.15, -0.1) is 11.3 Å². The van der Waals surface area contributed by atoms with Crippen LogP contribution in [0.1, 0.15) is 24.3 Å². The van der Waals surface area contributed by atoms with Crippen molar-refractivity contribution in [2.45, 2.75) is 27.3 Å². The van der Waals surface area contributed by atoms with E-state index >= 15 is 0 Å². The lowest BCUT2D eigenvalue weighted by molar-refractivity contribution is -0.147. The maximum atomic E-state index is 11.0. The minimum absolute atomic E-state index is 0.555. The van der Waals surface area contributed by atoms with Gasteiger partial charge in [-0.25, -0.2) is 0 Å². The zero-order chi connectivity index (χ0) is 12.3. The Morgan fingerprint density at radius 1 is 1.56 bits per heavy atom. The normalized spacial score (nSPS) is 12.1. The summed E-state index contributed by atoms with van der Waals surface area (Å²) in [5, 5.41) is 11.1. The third-order valence-corrected chi connectivity index (χ3v) is 3.63. The minimum atomic E-state index is -0.748. The van der Waals surface area contributed by atoms with Crippen LogP contribution in [0.3, 0.4) is 0 Å². The maximum Gasteiger partial charge on any atom is 0.310 e. The monoisotopic (exact) mass is 241 g/mol. The molecule has 0 amide bonds. The fraction of sp³-hybridized carbons (Fsp3) is 0.583. The number of hydrogen-bond donors (Lipinski definition) is 1. The molecule has 0 aliphatic rings. The average molecular weight is 241 g/mol. The van der Waals surface area contributed by atoms with E-state index in [-0.39, 0.29) is 0 Å². The van der Waals surface area contributed by atoms with Crippen molar-refractivity contribution in [1.29, 1.82) is 0 Å². The van der Waals surface area contributed by atoms with Gasteiger partial charge in [0.25, 0.3) is 0 Å². The van der Waals surface area contributed by atoms with Gasteiger partial charge in [-0.2, -0.15) is 0 Å². The first-order chi connectivity index (χ1) is 7.33. The summed E-state index contributed by atoms with van der Waals surface area (Å²) in [5.41, 5.74) is 0.588.